The van der Waals surface area contributed by atoms with Gasteiger partial charge in [-0.2, -0.15) is 5.10 Å². The quantitative estimate of drug-likeness (QED) is 0.942. The number of nitrogens with one attached hydrogen (secondary N) is 1. The van der Waals surface area contributed by atoms with Crippen molar-refractivity contribution < 1.29 is 4.79 Å². The van der Waals surface area contributed by atoms with Gasteiger partial charge in [0.25, 0.3) is 0 Å². The van der Waals surface area contributed by atoms with E-state index in [1.54, 1.807) is 0 Å². The molecule has 2 aromatic rings. The molecule has 0 saturated heterocycles. The zero-order valence-corrected chi connectivity index (χ0v) is 13.3. The first-order valence-electron chi connectivity index (χ1n) is 8.01. The van der Waals surface area contributed by atoms with E-state index in [1.165, 1.54) is 11.1 Å². The second-order valence-corrected chi connectivity index (χ2v) is 6.11. The topological polar surface area (TPSA) is 46.9 Å². The van der Waals surface area contributed by atoms with Gasteiger partial charge in [-0.15, -0.1) is 0 Å². The molecular weight excluding hydrogens is 274 g/mol. The number of hydrogen-bond acceptors (Lipinski definition) is 2. The Morgan fingerprint density at radius 3 is 2.95 bits per heavy atom. The van der Waals surface area contributed by atoms with Crippen LogP contribution in [0.5, 0.6) is 0 Å². The average molecular weight is 297 g/mol. The fraction of sp³-hybridized carbons (Fsp3) is 0.444. The van der Waals surface area contributed by atoms with Crippen LogP contribution in [0.2, 0.25) is 0 Å². The first-order valence-corrected chi connectivity index (χ1v) is 8.01. The van der Waals surface area contributed by atoms with Gasteiger partial charge in [-0.25, -0.2) is 0 Å². The van der Waals surface area contributed by atoms with E-state index < -0.39 is 0 Å². The predicted octanol–water partition coefficient (Wildman–Crippen LogP) is 3.08. The van der Waals surface area contributed by atoms with Gasteiger partial charge in [0, 0.05) is 18.7 Å². The molecule has 0 saturated carbocycles. The normalized spacial score (nSPS) is 17.1. The molecule has 1 aliphatic carbocycles. The van der Waals surface area contributed by atoms with Gasteiger partial charge < -0.3 is 5.32 Å². The fourth-order valence-electron chi connectivity index (χ4n) is 3.28. The van der Waals surface area contributed by atoms with Crippen LogP contribution in [0.25, 0.3) is 0 Å². The van der Waals surface area contributed by atoms with Crippen molar-refractivity contribution >= 4 is 5.91 Å². The molecule has 0 unspecified atom stereocenters. The summed E-state index contributed by atoms with van der Waals surface area (Å²) in [5, 5.41) is 7.59. The predicted molar refractivity (Wildman–Crippen MR) is 86.6 cm³/mol. The Bertz CT molecular complexity index is 675. The summed E-state index contributed by atoms with van der Waals surface area (Å²) in [5.41, 5.74) is 4.76. The molecule has 1 aromatic heterocycles. The summed E-state index contributed by atoms with van der Waals surface area (Å²) in [5.74, 6) is 0.106. The van der Waals surface area contributed by atoms with Gasteiger partial charge in [-0.3, -0.25) is 9.48 Å². The third kappa shape index (κ3) is 3.21. The Kier molecular flexibility index (Phi) is 4.27. The van der Waals surface area contributed by atoms with Gasteiger partial charge in [-0.1, -0.05) is 24.3 Å². The molecule has 3 rings (SSSR count). The van der Waals surface area contributed by atoms with Crippen molar-refractivity contribution in [1.29, 1.82) is 0 Å². The molecule has 116 valence electrons. The van der Waals surface area contributed by atoms with Crippen molar-refractivity contribution in [2.24, 2.45) is 0 Å². The maximum absolute atomic E-state index is 12.3. The fourth-order valence-corrected chi connectivity index (χ4v) is 3.28. The smallest absolute Gasteiger partial charge is 0.222 e. The monoisotopic (exact) mass is 297 g/mol. The summed E-state index contributed by atoms with van der Waals surface area (Å²) in [7, 11) is 0. The summed E-state index contributed by atoms with van der Waals surface area (Å²) in [6, 6.07) is 10.6. The molecule has 0 fully saturated rings. The highest BCUT2D eigenvalue weighted by atomic mass is 16.1. The van der Waals surface area contributed by atoms with Crippen molar-refractivity contribution in [2.45, 2.75) is 52.1 Å². The zero-order chi connectivity index (χ0) is 15.5. The van der Waals surface area contributed by atoms with Crippen LogP contribution in [0.4, 0.5) is 0 Å². The lowest BCUT2D eigenvalue weighted by molar-refractivity contribution is -0.122. The first kappa shape index (κ1) is 14.8. The van der Waals surface area contributed by atoms with Gasteiger partial charge in [0.2, 0.25) is 5.91 Å². The Morgan fingerprint density at radius 1 is 1.36 bits per heavy atom. The van der Waals surface area contributed by atoms with E-state index >= 15 is 0 Å². The Hall–Kier alpha value is -2.10. The Balaban J connectivity index is 1.60. The highest BCUT2D eigenvalue weighted by Crippen LogP contribution is 2.29. The van der Waals surface area contributed by atoms with Gasteiger partial charge >= 0.3 is 0 Å². The standard InChI is InChI=1S/C18H23N3O/c1-13-12-14(2)21(20-13)11-10-18(22)19-17-9-5-7-15-6-3-4-8-16(15)17/h3-4,6,8,12,17H,5,7,9-11H2,1-2H3,(H,19,22)/t17-/m1/s1. The third-order valence-corrected chi connectivity index (χ3v) is 4.36. The van der Waals surface area contributed by atoms with Gasteiger partial charge in [0.05, 0.1) is 11.7 Å². The largest absolute Gasteiger partial charge is 0.349 e. The molecule has 0 aliphatic heterocycles. The van der Waals surface area contributed by atoms with E-state index in [0.717, 1.165) is 30.7 Å². The van der Waals surface area contributed by atoms with E-state index in [0.29, 0.717) is 13.0 Å². The SMILES string of the molecule is Cc1cc(C)n(CCC(=O)N[C@@H]2CCCc3ccccc32)n1. The van der Waals surface area contributed by atoms with E-state index in [2.05, 4.69) is 34.7 Å². The van der Waals surface area contributed by atoms with E-state index in [-0.39, 0.29) is 11.9 Å². The third-order valence-electron chi connectivity index (χ3n) is 4.36. The van der Waals surface area contributed by atoms with Crippen molar-refractivity contribution in [3.63, 3.8) is 0 Å². The van der Waals surface area contributed by atoms with E-state index in [9.17, 15) is 4.79 Å². The number of benzene rings is 1. The molecule has 0 spiro atoms. The van der Waals surface area contributed by atoms with Crippen LogP contribution in [0, 0.1) is 13.8 Å². The van der Waals surface area contributed by atoms with Crippen molar-refractivity contribution in [3.8, 4) is 0 Å². The number of nitrogens with zero attached hydrogens (tertiary/aromatic N) is 2. The van der Waals surface area contributed by atoms with Gasteiger partial charge in [0.1, 0.15) is 0 Å². The maximum Gasteiger partial charge on any atom is 0.222 e. The number of fused-ring (bicyclic) bond motifs is 1. The van der Waals surface area contributed by atoms with Gasteiger partial charge in [0.15, 0.2) is 0 Å². The number of carbonyl (C=O) groups is 1. The van der Waals surface area contributed by atoms with Crippen LogP contribution in [-0.4, -0.2) is 15.7 Å². The van der Waals surface area contributed by atoms with Crippen molar-refractivity contribution in [3.05, 3.63) is 52.8 Å². The highest BCUT2D eigenvalue weighted by Gasteiger charge is 2.21. The number of aromatic nitrogens is 2. The minimum Gasteiger partial charge on any atom is -0.349 e. The number of carbonyl (C=O) groups excluding carboxylic acids is 1. The Morgan fingerprint density at radius 2 is 2.18 bits per heavy atom. The number of amides is 1. The van der Waals surface area contributed by atoms with Crippen molar-refractivity contribution in [1.82, 2.24) is 15.1 Å². The molecule has 1 aliphatic rings. The molecule has 4 heteroatoms. The molecule has 0 radical (unpaired) electrons. The summed E-state index contributed by atoms with van der Waals surface area (Å²) >= 11 is 0. The minimum absolute atomic E-state index is 0.106. The van der Waals surface area contributed by atoms with Crippen LogP contribution < -0.4 is 5.32 Å². The molecule has 1 N–H and O–H groups in total. The maximum atomic E-state index is 12.3. The summed E-state index contributed by atoms with van der Waals surface area (Å²) < 4.78 is 1.91. The van der Waals surface area contributed by atoms with Crippen LogP contribution in [-0.2, 0) is 17.8 Å². The lowest BCUT2D eigenvalue weighted by Gasteiger charge is -2.26. The summed E-state index contributed by atoms with van der Waals surface area (Å²) in [6.07, 6.45) is 3.76. The second kappa shape index (κ2) is 6.34. The second-order valence-electron chi connectivity index (χ2n) is 6.11. The lowest BCUT2D eigenvalue weighted by Crippen LogP contribution is -2.31. The molecule has 22 heavy (non-hydrogen) atoms. The Labute approximate surface area is 131 Å². The van der Waals surface area contributed by atoms with Crippen LogP contribution in [0.15, 0.2) is 30.3 Å². The van der Waals surface area contributed by atoms with Crippen molar-refractivity contribution in [2.75, 3.05) is 0 Å². The van der Waals surface area contributed by atoms with Crippen LogP contribution >= 0.6 is 0 Å². The zero-order valence-electron chi connectivity index (χ0n) is 13.3. The van der Waals surface area contributed by atoms with Crippen LogP contribution in [0.3, 0.4) is 0 Å². The van der Waals surface area contributed by atoms with E-state index in [1.807, 2.05) is 24.6 Å². The molecule has 4 nitrogen and oxygen atoms in total. The number of rotatable bonds is 4. The minimum atomic E-state index is 0.106. The van der Waals surface area contributed by atoms with E-state index in [4.69, 9.17) is 0 Å². The number of hydrogen-bond donors (Lipinski definition) is 1. The van der Waals surface area contributed by atoms with Crippen LogP contribution in [0.1, 0.15) is 47.8 Å². The molecule has 1 heterocycles. The summed E-state index contributed by atoms with van der Waals surface area (Å²) in [6.45, 7) is 4.64. The number of aryl methyl sites for hydroxylation is 4. The van der Waals surface area contributed by atoms with Gasteiger partial charge in [-0.05, 0) is 50.3 Å². The molecule has 1 atom stereocenters. The highest BCUT2D eigenvalue weighted by molar-refractivity contribution is 5.76. The molecular formula is C18H23N3O. The average Bonchev–Trinajstić information content (AvgIpc) is 2.83. The lowest BCUT2D eigenvalue weighted by atomic mass is 9.88. The summed E-state index contributed by atoms with van der Waals surface area (Å²) in [4.78, 5) is 12.3. The molecule has 1 aromatic carbocycles. The first-order chi connectivity index (χ1) is 10.6. The molecule has 0 bridgehead atoms. The molecule has 1 amide bonds.